The summed E-state index contributed by atoms with van der Waals surface area (Å²) in [4.78, 5) is 13.5. The Hall–Kier alpha value is -0.520. The predicted molar refractivity (Wildman–Crippen MR) is 103 cm³/mol. The third kappa shape index (κ3) is 7.58. The van der Waals surface area contributed by atoms with Gasteiger partial charge in [0.15, 0.2) is 0 Å². The largest absolute Gasteiger partial charge is 0.355 e. The third-order valence-corrected chi connectivity index (χ3v) is 4.71. The maximum Gasteiger partial charge on any atom is 0.216 e. The van der Waals surface area contributed by atoms with Crippen LogP contribution in [0, 0.1) is 5.92 Å². The molecule has 1 aliphatic heterocycles. The fourth-order valence-electron chi connectivity index (χ4n) is 2.96. The molecule has 1 aromatic carbocycles. The molecular formula is C17H26Cl3N3O. The molecule has 24 heavy (non-hydrogen) atoms. The van der Waals surface area contributed by atoms with Crippen molar-refractivity contribution in [3.05, 3.63) is 33.8 Å². The highest BCUT2D eigenvalue weighted by molar-refractivity contribution is 6.35. The van der Waals surface area contributed by atoms with Gasteiger partial charge in [0, 0.05) is 43.1 Å². The van der Waals surface area contributed by atoms with Crippen LogP contribution in [0.1, 0.15) is 25.3 Å². The van der Waals surface area contributed by atoms with Crippen LogP contribution in [0.5, 0.6) is 0 Å². The molecule has 1 aromatic rings. The highest BCUT2D eigenvalue weighted by atomic mass is 35.5. The van der Waals surface area contributed by atoms with E-state index in [4.69, 9.17) is 23.2 Å². The summed E-state index contributed by atoms with van der Waals surface area (Å²) >= 11 is 12.3. The lowest BCUT2D eigenvalue weighted by molar-refractivity contribution is -0.119. The fraction of sp³-hybridized carbons (Fsp3) is 0.588. The Labute approximate surface area is 160 Å². The average Bonchev–Trinajstić information content (AvgIpc) is 2.50. The third-order valence-electron chi connectivity index (χ3n) is 4.13. The summed E-state index contributed by atoms with van der Waals surface area (Å²) in [5.41, 5.74) is 1.07. The van der Waals surface area contributed by atoms with Crippen LogP contribution >= 0.6 is 35.6 Å². The summed E-state index contributed by atoms with van der Waals surface area (Å²) in [6, 6.07) is 5.64. The summed E-state index contributed by atoms with van der Waals surface area (Å²) in [5.74, 6) is 0.654. The van der Waals surface area contributed by atoms with E-state index >= 15 is 0 Å². The molecule has 7 heteroatoms. The second kappa shape index (κ2) is 11.2. The summed E-state index contributed by atoms with van der Waals surface area (Å²) in [6.07, 6.45) is 2.48. The topological polar surface area (TPSA) is 44.4 Å². The van der Waals surface area contributed by atoms with Gasteiger partial charge in [0.1, 0.15) is 0 Å². The number of hydrogen-bond donors (Lipinski definition) is 2. The Kier molecular flexibility index (Phi) is 10.0. The van der Waals surface area contributed by atoms with E-state index in [0.717, 1.165) is 38.3 Å². The van der Waals surface area contributed by atoms with Gasteiger partial charge in [-0.2, -0.15) is 0 Å². The molecule has 1 amide bonds. The maximum absolute atomic E-state index is 11.1. The smallest absolute Gasteiger partial charge is 0.216 e. The maximum atomic E-state index is 11.1. The molecule has 1 unspecified atom stereocenters. The van der Waals surface area contributed by atoms with Gasteiger partial charge in [-0.15, -0.1) is 12.4 Å². The molecule has 1 saturated heterocycles. The van der Waals surface area contributed by atoms with Crippen LogP contribution in [0.25, 0.3) is 0 Å². The fourth-order valence-corrected chi connectivity index (χ4v) is 3.43. The second-order valence-corrected chi connectivity index (χ2v) is 7.01. The first kappa shape index (κ1) is 21.5. The Morgan fingerprint density at radius 1 is 1.42 bits per heavy atom. The lowest BCUT2D eigenvalue weighted by Crippen LogP contribution is -2.41. The Bertz CT molecular complexity index is 522. The SMILES string of the molecule is CC(=O)NCCN(Cc1ccc(Cl)cc1Cl)CC1CCCNC1.Cl. The molecule has 136 valence electrons. The zero-order valence-electron chi connectivity index (χ0n) is 14.0. The second-order valence-electron chi connectivity index (χ2n) is 6.17. The van der Waals surface area contributed by atoms with E-state index in [1.165, 1.54) is 12.8 Å². The molecule has 1 heterocycles. The van der Waals surface area contributed by atoms with Crippen molar-refractivity contribution in [3.8, 4) is 0 Å². The summed E-state index contributed by atoms with van der Waals surface area (Å²) in [6.45, 7) is 6.97. The molecule has 0 radical (unpaired) electrons. The van der Waals surface area contributed by atoms with Crippen LogP contribution in [0.3, 0.4) is 0 Å². The van der Waals surface area contributed by atoms with E-state index in [-0.39, 0.29) is 18.3 Å². The van der Waals surface area contributed by atoms with Crippen LogP contribution in [0.4, 0.5) is 0 Å². The minimum Gasteiger partial charge on any atom is -0.355 e. The van der Waals surface area contributed by atoms with E-state index in [1.807, 2.05) is 12.1 Å². The molecule has 0 aliphatic carbocycles. The molecule has 4 nitrogen and oxygen atoms in total. The number of carbonyl (C=O) groups is 1. The number of rotatable bonds is 7. The van der Waals surface area contributed by atoms with Crippen molar-refractivity contribution < 1.29 is 4.79 Å². The van der Waals surface area contributed by atoms with Crippen LogP contribution < -0.4 is 10.6 Å². The van der Waals surface area contributed by atoms with E-state index in [9.17, 15) is 4.79 Å². The molecular weight excluding hydrogens is 369 g/mol. The lowest BCUT2D eigenvalue weighted by Gasteiger charge is -2.30. The molecule has 1 fully saturated rings. The van der Waals surface area contributed by atoms with Crippen molar-refractivity contribution in [2.45, 2.75) is 26.3 Å². The number of halogens is 3. The van der Waals surface area contributed by atoms with Crippen molar-refractivity contribution in [1.82, 2.24) is 15.5 Å². The van der Waals surface area contributed by atoms with Gasteiger partial charge in [0.2, 0.25) is 5.91 Å². The summed E-state index contributed by atoms with van der Waals surface area (Å²) < 4.78 is 0. The molecule has 1 atom stereocenters. The number of nitrogens with zero attached hydrogens (tertiary/aromatic N) is 1. The van der Waals surface area contributed by atoms with Gasteiger partial charge in [-0.05, 0) is 49.5 Å². The van der Waals surface area contributed by atoms with Gasteiger partial charge in [0.25, 0.3) is 0 Å². The van der Waals surface area contributed by atoms with Crippen molar-refractivity contribution >= 4 is 41.5 Å². The molecule has 2 N–H and O–H groups in total. The Morgan fingerprint density at radius 2 is 2.21 bits per heavy atom. The van der Waals surface area contributed by atoms with Gasteiger partial charge in [-0.25, -0.2) is 0 Å². The number of benzene rings is 1. The highest BCUT2D eigenvalue weighted by Crippen LogP contribution is 2.23. The molecule has 0 spiro atoms. The zero-order chi connectivity index (χ0) is 16.7. The number of carbonyl (C=O) groups excluding carboxylic acids is 1. The number of hydrogen-bond acceptors (Lipinski definition) is 3. The van der Waals surface area contributed by atoms with Crippen molar-refractivity contribution in [3.63, 3.8) is 0 Å². The minimum absolute atomic E-state index is 0. The van der Waals surface area contributed by atoms with Crippen LogP contribution in [-0.4, -0.2) is 43.5 Å². The van der Waals surface area contributed by atoms with Crippen molar-refractivity contribution in [1.29, 1.82) is 0 Å². The van der Waals surface area contributed by atoms with Crippen molar-refractivity contribution in [2.75, 3.05) is 32.7 Å². The first-order valence-corrected chi connectivity index (χ1v) is 8.91. The van der Waals surface area contributed by atoms with Gasteiger partial charge in [-0.3, -0.25) is 9.69 Å². The number of piperidine rings is 1. The van der Waals surface area contributed by atoms with E-state index in [2.05, 4.69) is 15.5 Å². The zero-order valence-corrected chi connectivity index (χ0v) is 16.3. The summed E-state index contributed by atoms with van der Waals surface area (Å²) in [7, 11) is 0. The van der Waals surface area contributed by atoms with Gasteiger partial charge in [-0.1, -0.05) is 29.3 Å². The highest BCUT2D eigenvalue weighted by Gasteiger charge is 2.18. The lowest BCUT2D eigenvalue weighted by atomic mass is 9.99. The minimum atomic E-state index is 0. The van der Waals surface area contributed by atoms with Gasteiger partial charge >= 0.3 is 0 Å². The van der Waals surface area contributed by atoms with E-state index in [0.29, 0.717) is 22.5 Å². The van der Waals surface area contributed by atoms with Crippen LogP contribution in [-0.2, 0) is 11.3 Å². The van der Waals surface area contributed by atoms with E-state index < -0.39 is 0 Å². The van der Waals surface area contributed by atoms with Crippen molar-refractivity contribution in [2.24, 2.45) is 5.92 Å². The monoisotopic (exact) mass is 393 g/mol. The van der Waals surface area contributed by atoms with E-state index in [1.54, 1.807) is 13.0 Å². The molecule has 0 bridgehead atoms. The van der Waals surface area contributed by atoms with Gasteiger partial charge in [0.05, 0.1) is 0 Å². The first-order chi connectivity index (χ1) is 11.0. The predicted octanol–water partition coefficient (Wildman–Crippen LogP) is 3.35. The Morgan fingerprint density at radius 3 is 2.83 bits per heavy atom. The van der Waals surface area contributed by atoms with Crippen LogP contribution in [0.15, 0.2) is 18.2 Å². The summed E-state index contributed by atoms with van der Waals surface area (Å²) in [5, 5.41) is 7.68. The standard InChI is InChI=1S/C17H25Cl2N3O.ClH/c1-13(23)21-7-8-22(11-14-3-2-6-20-10-14)12-15-4-5-16(18)9-17(15)19;/h4-5,9,14,20H,2-3,6-8,10-12H2,1H3,(H,21,23);1H. The first-order valence-electron chi connectivity index (χ1n) is 8.16. The molecule has 1 aliphatic rings. The quantitative estimate of drug-likeness (QED) is 0.745. The normalized spacial score (nSPS) is 17.4. The number of amides is 1. The van der Waals surface area contributed by atoms with Gasteiger partial charge < -0.3 is 10.6 Å². The average molecular weight is 395 g/mol. The molecule has 0 aromatic heterocycles. The van der Waals surface area contributed by atoms with Crippen LogP contribution in [0.2, 0.25) is 10.0 Å². The number of nitrogens with one attached hydrogen (secondary N) is 2. The molecule has 2 rings (SSSR count). The molecule has 0 saturated carbocycles. The Balaban J connectivity index is 0.00000288.